The molecule has 0 saturated carbocycles. The van der Waals surface area contributed by atoms with Crippen molar-refractivity contribution in [2.24, 2.45) is 0 Å². The van der Waals surface area contributed by atoms with Gasteiger partial charge in [0.15, 0.2) is 0 Å². The highest BCUT2D eigenvalue weighted by Gasteiger charge is 2.07. The van der Waals surface area contributed by atoms with E-state index in [0.29, 0.717) is 12.0 Å². The molecule has 19 heavy (non-hydrogen) atoms. The fraction of sp³-hybridized carbons (Fsp3) is 0.467. The molecule has 4 heteroatoms. The van der Waals surface area contributed by atoms with Crippen LogP contribution in [0.15, 0.2) is 35.2 Å². The first kappa shape index (κ1) is 13.6. The van der Waals surface area contributed by atoms with Gasteiger partial charge >= 0.3 is 0 Å². The van der Waals surface area contributed by atoms with E-state index in [1.54, 1.807) is 12.6 Å². The van der Waals surface area contributed by atoms with Crippen LogP contribution >= 0.6 is 0 Å². The van der Waals surface area contributed by atoms with E-state index in [-0.39, 0.29) is 0 Å². The zero-order valence-corrected chi connectivity index (χ0v) is 11.8. The normalized spacial score (nSPS) is 12.6. The summed E-state index contributed by atoms with van der Waals surface area (Å²) >= 11 is 0. The average Bonchev–Trinajstić information content (AvgIpc) is 2.90. The fourth-order valence-electron chi connectivity index (χ4n) is 1.91. The number of aromatic nitrogens is 2. The van der Waals surface area contributed by atoms with Gasteiger partial charge in [0.25, 0.3) is 0 Å². The van der Waals surface area contributed by atoms with Crippen molar-refractivity contribution in [2.45, 2.75) is 45.6 Å². The fourth-order valence-corrected chi connectivity index (χ4v) is 1.91. The predicted octanol–water partition coefficient (Wildman–Crippen LogP) is 3.63. The van der Waals surface area contributed by atoms with Gasteiger partial charge in [-0.3, -0.25) is 0 Å². The summed E-state index contributed by atoms with van der Waals surface area (Å²) in [4.78, 5) is 8.53. The third kappa shape index (κ3) is 4.09. The summed E-state index contributed by atoms with van der Waals surface area (Å²) in [6.45, 7) is 6.42. The lowest BCUT2D eigenvalue weighted by Crippen LogP contribution is -2.17. The Balaban J connectivity index is 1.87. The molecule has 1 unspecified atom stereocenters. The van der Waals surface area contributed by atoms with Crippen molar-refractivity contribution in [3.8, 4) is 0 Å². The maximum absolute atomic E-state index is 5.33. The van der Waals surface area contributed by atoms with E-state index in [4.69, 9.17) is 4.42 Å². The van der Waals surface area contributed by atoms with E-state index >= 15 is 0 Å². The van der Waals surface area contributed by atoms with Gasteiger partial charge in [0.05, 0.1) is 6.26 Å². The monoisotopic (exact) mass is 259 g/mol. The third-order valence-corrected chi connectivity index (χ3v) is 3.08. The van der Waals surface area contributed by atoms with Gasteiger partial charge in [0.1, 0.15) is 17.9 Å². The molecule has 4 nitrogen and oxygen atoms in total. The van der Waals surface area contributed by atoms with Gasteiger partial charge in [-0.05, 0) is 31.4 Å². The van der Waals surface area contributed by atoms with E-state index in [1.807, 2.05) is 18.2 Å². The van der Waals surface area contributed by atoms with Gasteiger partial charge in [-0.15, -0.1) is 0 Å². The number of nitrogens with zero attached hydrogens (tertiary/aromatic N) is 2. The van der Waals surface area contributed by atoms with E-state index in [9.17, 15) is 0 Å². The third-order valence-electron chi connectivity index (χ3n) is 3.08. The maximum atomic E-state index is 5.33. The van der Waals surface area contributed by atoms with E-state index in [1.165, 1.54) is 0 Å². The Morgan fingerprint density at radius 3 is 2.79 bits per heavy atom. The van der Waals surface area contributed by atoms with Crippen LogP contribution in [0.2, 0.25) is 0 Å². The summed E-state index contributed by atoms with van der Waals surface area (Å²) < 4.78 is 5.33. The van der Waals surface area contributed by atoms with E-state index in [2.05, 4.69) is 36.1 Å². The molecule has 0 radical (unpaired) electrons. The second-order valence-corrected chi connectivity index (χ2v) is 5.15. The molecule has 1 atom stereocenters. The first-order valence-electron chi connectivity index (χ1n) is 6.76. The molecule has 0 aromatic carbocycles. The lowest BCUT2D eigenvalue weighted by atomic mass is 10.1. The Kier molecular flexibility index (Phi) is 4.55. The highest BCUT2D eigenvalue weighted by Crippen LogP contribution is 2.15. The van der Waals surface area contributed by atoms with Crippen LogP contribution in [0.5, 0.6) is 0 Å². The standard InChI is InChI=1S/C15H21N3O/c1-11(2)14-9-15(17-10-16-14)18-12(3)6-7-13-5-4-8-19-13/h4-5,8-12H,6-7H2,1-3H3,(H,16,17,18). The molecule has 0 spiro atoms. The molecule has 0 amide bonds. The zero-order chi connectivity index (χ0) is 13.7. The summed E-state index contributed by atoms with van der Waals surface area (Å²) in [5.41, 5.74) is 1.07. The molecule has 2 aromatic heterocycles. The maximum Gasteiger partial charge on any atom is 0.129 e. The molecular weight excluding hydrogens is 238 g/mol. The van der Waals surface area contributed by atoms with Gasteiger partial charge in [-0.2, -0.15) is 0 Å². The van der Waals surface area contributed by atoms with Gasteiger partial charge < -0.3 is 9.73 Å². The Labute approximate surface area is 114 Å². The molecule has 2 heterocycles. The quantitative estimate of drug-likeness (QED) is 0.860. The molecular formula is C15H21N3O. The SMILES string of the molecule is CC(CCc1ccco1)Nc1cc(C(C)C)ncn1. The van der Waals surface area contributed by atoms with Crippen molar-refractivity contribution < 1.29 is 4.42 Å². The van der Waals surface area contributed by atoms with Crippen LogP contribution in [0.3, 0.4) is 0 Å². The molecule has 2 aromatic rings. The summed E-state index contributed by atoms with van der Waals surface area (Å²) in [7, 11) is 0. The second kappa shape index (κ2) is 6.36. The first-order chi connectivity index (χ1) is 9.15. The number of hydrogen-bond donors (Lipinski definition) is 1. The van der Waals surface area contributed by atoms with Gasteiger partial charge in [-0.25, -0.2) is 9.97 Å². The van der Waals surface area contributed by atoms with Crippen molar-refractivity contribution in [3.63, 3.8) is 0 Å². The van der Waals surface area contributed by atoms with E-state index in [0.717, 1.165) is 30.1 Å². The van der Waals surface area contributed by atoms with Crippen molar-refractivity contribution >= 4 is 5.82 Å². The predicted molar refractivity (Wildman–Crippen MR) is 76.2 cm³/mol. The minimum atomic E-state index is 0.347. The molecule has 0 aliphatic rings. The van der Waals surface area contributed by atoms with E-state index < -0.39 is 0 Å². The van der Waals surface area contributed by atoms with Crippen LogP contribution in [-0.2, 0) is 6.42 Å². The second-order valence-electron chi connectivity index (χ2n) is 5.15. The number of aryl methyl sites for hydroxylation is 1. The van der Waals surface area contributed by atoms with Gasteiger partial charge in [-0.1, -0.05) is 13.8 Å². The highest BCUT2D eigenvalue weighted by atomic mass is 16.3. The molecule has 0 aliphatic heterocycles. The lowest BCUT2D eigenvalue weighted by molar-refractivity contribution is 0.495. The van der Waals surface area contributed by atoms with Crippen LogP contribution < -0.4 is 5.32 Å². The number of nitrogens with one attached hydrogen (secondary N) is 1. The smallest absolute Gasteiger partial charge is 0.129 e. The Morgan fingerprint density at radius 2 is 2.11 bits per heavy atom. The van der Waals surface area contributed by atoms with Crippen molar-refractivity contribution in [3.05, 3.63) is 42.2 Å². The summed E-state index contributed by atoms with van der Waals surface area (Å²) in [5.74, 6) is 2.34. The Morgan fingerprint density at radius 1 is 1.26 bits per heavy atom. The minimum absolute atomic E-state index is 0.347. The van der Waals surface area contributed by atoms with Crippen LogP contribution in [-0.4, -0.2) is 16.0 Å². The van der Waals surface area contributed by atoms with Crippen LogP contribution in [0.4, 0.5) is 5.82 Å². The molecule has 102 valence electrons. The number of rotatable bonds is 6. The number of hydrogen-bond acceptors (Lipinski definition) is 4. The lowest BCUT2D eigenvalue weighted by Gasteiger charge is -2.14. The van der Waals surface area contributed by atoms with Gasteiger partial charge in [0.2, 0.25) is 0 Å². The molecule has 0 saturated heterocycles. The number of furan rings is 1. The largest absolute Gasteiger partial charge is 0.469 e. The van der Waals surface area contributed by atoms with Crippen molar-refractivity contribution in [1.29, 1.82) is 0 Å². The average molecular weight is 259 g/mol. The summed E-state index contributed by atoms with van der Waals surface area (Å²) in [6, 6.07) is 6.30. The Bertz CT molecular complexity index is 494. The molecule has 1 N–H and O–H groups in total. The molecule has 0 fully saturated rings. The van der Waals surface area contributed by atoms with Crippen molar-refractivity contribution in [2.75, 3.05) is 5.32 Å². The van der Waals surface area contributed by atoms with Crippen LogP contribution in [0.25, 0.3) is 0 Å². The first-order valence-corrected chi connectivity index (χ1v) is 6.76. The Hall–Kier alpha value is -1.84. The minimum Gasteiger partial charge on any atom is -0.469 e. The summed E-state index contributed by atoms with van der Waals surface area (Å²) in [6.07, 6.45) is 5.28. The molecule has 0 bridgehead atoms. The zero-order valence-electron chi connectivity index (χ0n) is 11.8. The summed E-state index contributed by atoms with van der Waals surface area (Å²) in [5, 5.41) is 3.41. The van der Waals surface area contributed by atoms with Crippen LogP contribution in [0, 0.1) is 0 Å². The van der Waals surface area contributed by atoms with Crippen LogP contribution in [0.1, 0.15) is 44.6 Å². The molecule has 2 rings (SSSR count). The van der Waals surface area contributed by atoms with Crippen molar-refractivity contribution in [1.82, 2.24) is 9.97 Å². The van der Waals surface area contributed by atoms with Gasteiger partial charge in [0, 0.05) is 24.2 Å². The number of anilines is 1. The highest BCUT2D eigenvalue weighted by molar-refractivity contribution is 5.36. The topological polar surface area (TPSA) is 51.0 Å². The molecule has 0 aliphatic carbocycles.